The van der Waals surface area contributed by atoms with Gasteiger partial charge in [0.2, 0.25) is 5.91 Å². The van der Waals surface area contributed by atoms with E-state index >= 15 is 0 Å². The van der Waals surface area contributed by atoms with Crippen LogP contribution in [-0.2, 0) is 11.3 Å². The summed E-state index contributed by atoms with van der Waals surface area (Å²) >= 11 is 0. The number of hydrogen-bond acceptors (Lipinski definition) is 5. The number of carbonyl (C=O) groups excluding carboxylic acids is 3. The van der Waals surface area contributed by atoms with Crippen LogP contribution in [0.5, 0.6) is 0 Å². The van der Waals surface area contributed by atoms with Crippen molar-refractivity contribution >= 4 is 23.5 Å². The lowest BCUT2D eigenvalue weighted by Crippen LogP contribution is -2.47. The van der Waals surface area contributed by atoms with Crippen LogP contribution in [0, 0.1) is 17.2 Å². The number of rotatable bonds is 10. The van der Waals surface area contributed by atoms with Crippen molar-refractivity contribution in [1.82, 2.24) is 20.4 Å². The first-order valence-corrected chi connectivity index (χ1v) is 12.6. The molecular formula is C28H36N6O3. The first kappa shape index (κ1) is 27.7. The summed E-state index contributed by atoms with van der Waals surface area (Å²) in [6.07, 6.45) is 1.33. The average Bonchev–Trinajstić information content (AvgIpc) is 3.35. The van der Waals surface area contributed by atoms with Gasteiger partial charge in [0.25, 0.3) is 5.91 Å². The van der Waals surface area contributed by atoms with Gasteiger partial charge in [-0.2, -0.15) is 5.26 Å². The highest BCUT2D eigenvalue weighted by Gasteiger charge is 2.28. The van der Waals surface area contributed by atoms with E-state index in [1.54, 1.807) is 36.2 Å². The average molecular weight is 505 g/mol. The maximum absolute atomic E-state index is 13.0. The molecule has 3 N–H and O–H groups in total. The molecule has 9 heteroatoms. The second-order valence-corrected chi connectivity index (χ2v) is 9.82. The van der Waals surface area contributed by atoms with Crippen LogP contribution in [0.15, 0.2) is 54.6 Å². The summed E-state index contributed by atoms with van der Waals surface area (Å²) in [7, 11) is 1.79. The third-order valence-corrected chi connectivity index (χ3v) is 6.41. The lowest BCUT2D eigenvalue weighted by molar-refractivity contribution is -0.123. The summed E-state index contributed by atoms with van der Waals surface area (Å²) in [5.74, 6) is -0.652. The molecule has 1 fully saturated rings. The SMILES string of the molecule is CC(C)CC(NC(=O)c1cccc(NC(=O)N(C)[C@H]2CCN(Cc3ccccc3)C2)c1)C(=O)NCC#N. The fraction of sp³-hybridized carbons (Fsp3) is 0.429. The van der Waals surface area contributed by atoms with Crippen LogP contribution in [0.4, 0.5) is 10.5 Å². The Bertz CT molecular complexity index is 1110. The first-order valence-electron chi connectivity index (χ1n) is 12.6. The van der Waals surface area contributed by atoms with E-state index in [2.05, 4.69) is 33.0 Å². The summed E-state index contributed by atoms with van der Waals surface area (Å²) < 4.78 is 0. The summed E-state index contributed by atoms with van der Waals surface area (Å²) in [4.78, 5) is 42.3. The Labute approximate surface area is 218 Å². The number of nitriles is 1. The molecule has 0 bridgehead atoms. The molecule has 2 aromatic carbocycles. The van der Waals surface area contributed by atoms with Crippen LogP contribution >= 0.6 is 0 Å². The second kappa shape index (κ2) is 13.4. The van der Waals surface area contributed by atoms with Crippen LogP contribution < -0.4 is 16.0 Å². The molecule has 0 aromatic heterocycles. The summed E-state index contributed by atoms with van der Waals surface area (Å²) in [5, 5.41) is 16.9. The van der Waals surface area contributed by atoms with Gasteiger partial charge in [0.15, 0.2) is 0 Å². The minimum Gasteiger partial charge on any atom is -0.341 e. The number of benzene rings is 2. The predicted molar refractivity (Wildman–Crippen MR) is 143 cm³/mol. The Morgan fingerprint density at radius 3 is 2.59 bits per heavy atom. The molecule has 1 aliphatic heterocycles. The van der Waals surface area contributed by atoms with E-state index in [9.17, 15) is 14.4 Å². The second-order valence-electron chi connectivity index (χ2n) is 9.82. The molecule has 3 rings (SSSR count). The number of nitrogens with one attached hydrogen (secondary N) is 3. The molecule has 0 radical (unpaired) electrons. The van der Waals surface area contributed by atoms with Crippen molar-refractivity contribution in [3.05, 3.63) is 65.7 Å². The Balaban J connectivity index is 1.57. The molecule has 2 aromatic rings. The molecule has 1 aliphatic rings. The number of likely N-dealkylation sites (tertiary alicyclic amines) is 1. The van der Waals surface area contributed by atoms with Crippen LogP contribution in [-0.4, -0.2) is 66.4 Å². The zero-order valence-corrected chi connectivity index (χ0v) is 21.7. The van der Waals surface area contributed by atoms with Gasteiger partial charge in [-0.3, -0.25) is 14.5 Å². The van der Waals surface area contributed by atoms with Crippen molar-refractivity contribution in [2.24, 2.45) is 5.92 Å². The van der Waals surface area contributed by atoms with Crippen LogP contribution in [0.2, 0.25) is 0 Å². The van der Waals surface area contributed by atoms with Crippen molar-refractivity contribution in [3.63, 3.8) is 0 Å². The number of hydrogen-bond donors (Lipinski definition) is 3. The molecule has 1 unspecified atom stereocenters. The molecule has 0 aliphatic carbocycles. The minimum absolute atomic E-state index is 0.0962. The van der Waals surface area contributed by atoms with Gasteiger partial charge in [-0.1, -0.05) is 50.2 Å². The predicted octanol–water partition coefficient (Wildman–Crippen LogP) is 3.21. The minimum atomic E-state index is -0.758. The number of carbonyl (C=O) groups is 3. The van der Waals surface area contributed by atoms with Crippen molar-refractivity contribution in [1.29, 1.82) is 5.26 Å². The standard InChI is InChI=1S/C28H36N6O3/c1-20(2)16-25(27(36)30-14-13-29)32-26(35)22-10-7-11-23(17-22)31-28(37)33(3)24-12-15-34(19-24)18-21-8-5-4-6-9-21/h4-11,17,20,24-25H,12,14-16,18-19H2,1-3H3,(H,30,36)(H,31,37)(H,32,35)/t24-,25?/m0/s1. The van der Waals surface area contributed by atoms with E-state index in [1.165, 1.54) is 5.56 Å². The largest absolute Gasteiger partial charge is 0.341 e. The quantitative estimate of drug-likeness (QED) is 0.430. The highest BCUT2D eigenvalue weighted by atomic mass is 16.2. The number of urea groups is 1. The van der Waals surface area contributed by atoms with E-state index < -0.39 is 17.9 Å². The summed E-state index contributed by atoms with van der Waals surface area (Å²) in [5.41, 5.74) is 2.08. The molecule has 2 atom stereocenters. The topological polar surface area (TPSA) is 118 Å². The summed E-state index contributed by atoms with van der Waals surface area (Å²) in [6, 6.07) is 17.9. The molecule has 37 heavy (non-hydrogen) atoms. The van der Waals surface area contributed by atoms with Gasteiger partial charge in [0.05, 0.1) is 6.07 Å². The van der Waals surface area contributed by atoms with E-state index in [4.69, 9.17) is 5.26 Å². The number of amides is 4. The first-order chi connectivity index (χ1) is 17.8. The molecule has 4 amide bonds. The molecular weight excluding hydrogens is 468 g/mol. The van der Waals surface area contributed by atoms with Gasteiger partial charge in [-0.15, -0.1) is 0 Å². The highest BCUT2D eigenvalue weighted by Crippen LogP contribution is 2.19. The van der Waals surface area contributed by atoms with Crippen LogP contribution in [0.3, 0.4) is 0 Å². The Kier molecular flexibility index (Phi) is 10.0. The normalized spacial score (nSPS) is 16.0. The van der Waals surface area contributed by atoms with E-state index in [-0.39, 0.29) is 24.5 Å². The molecule has 196 valence electrons. The Morgan fingerprint density at radius 1 is 1.14 bits per heavy atom. The van der Waals surface area contributed by atoms with Gasteiger partial charge in [0.1, 0.15) is 12.6 Å². The monoisotopic (exact) mass is 504 g/mol. The maximum atomic E-state index is 13.0. The fourth-order valence-corrected chi connectivity index (χ4v) is 4.42. The van der Waals surface area contributed by atoms with Gasteiger partial charge >= 0.3 is 6.03 Å². The number of anilines is 1. The van der Waals surface area contributed by atoms with Crippen LogP contribution in [0.25, 0.3) is 0 Å². The van der Waals surface area contributed by atoms with Crippen LogP contribution in [0.1, 0.15) is 42.6 Å². The zero-order chi connectivity index (χ0) is 26.8. The van der Waals surface area contributed by atoms with E-state index in [0.717, 1.165) is 26.1 Å². The van der Waals surface area contributed by atoms with E-state index in [0.29, 0.717) is 17.7 Å². The van der Waals surface area contributed by atoms with Gasteiger partial charge in [-0.05, 0) is 42.5 Å². The maximum Gasteiger partial charge on any atom is 0.321 e. The lowest BCUT2D eigenvalue weighted by atomic mass is 10.0. The number of nitrogens with zero attached hydrogens (tertiary/aromatic N) is 3. The van der Waals surface area contributed by atoms with Gasteiger partial charge in [-0.25, -0.2) is 4.79 Å². The van der Waals surface area contributed by atoms with E-state index in [1.807, 2.05) is 38.1 Å². The molecule has 0 spiro atoms. The molecule has 1 heterocycles. The zero-order valence-electron chi connectivity index (χ0n) is 21.7. The molecule has 1 saturated heterocycles. The third kappa shape index (κ3) is 8.33. The Hall–Kier alpha value is -3.90. The van der Waals surface area contributed by atoms with Crippen molar-refractivity contribution in [3.8, 4) is 6.07 Å². The van der Waals surface area contributed by atoms with Gasteiger partial charge in [0, 0.05) is 44.0 Å². The molecule has 9 nitrogen and oxygen atoms in total. The molecule has 0 saturated carbocycles. The van der Waals surface area contributed by atoms with Crippen molar-refractivity contribution in [2.75, 3.05) is 32.0 Å². The smallest absolute Gasteiger partial charge is 0.321 e. The lowest BCUT2D eigenvalue weighted by Gasteiger charge is -2.25. The summed E-state index contributed by atoms with van der Waals surface area (Å²) in [6.45, 7) is 6.36. The Morgan fingerprint density at radius 2 is 1.89 bits per heavy atom. The number of likely N-dealkylation sites (N-methyl/N-ethyl adjacent to an activating group) is 1. The highest BCUT2D eigenvalue weighted by molar-refractivity contribution is 5.99. The fourth-order valence-electron chi connectivity index (χ4n) is 4.42. The van der Waals surface area contributed by atoms with Crippen molar-refractivity contribution < 1.29 is 14.4 Å². The third-order valence-electron chi connectivity index (χ3n) is 6.41. The van der Waals surface area contributed by atoms with Crippen molar-refractivity contribution in [2.45, 2.75) is 45.3 Å². The van der Waals surface area contributed by atoms with Gasteiger partial charge < -0.3 is 20.9 Å².